The second-order valence-electron chi connectivity index (χ2n) is 5.28. The van der Waals surface area contributed by atoms with Gasteiger partial charge in [0.15, 0.2) is 11.0 Å². The standard InChI is InChI=1S/C18H13F3N4S2/c19-13-4-2-12(3-5-13)16-23-24-18(26-11-1-10-22)25(16)14-6-8-15(9-7-14)27-17(20)21/h2-9,17H,1,11H2. The van der Waals surface area contributed by atoms with Gasteiger partial charge in [-0.05, 0) is 48.5 Å². The highest BCUT2D eigenvalue weighted by atomic mass is 32.2. The van der Waals surface area contributed by atoms with Gasteiger partial charge in [0.05, 0.1) is 6.07 Å². The van der Waals surface area contributed by atoms with Crippen LogP contribution in [0.4, 0.5) is 13.2 Å². The lowest BCUT2D eigenvalue weighted by molar-refractivity contribution is 0.252. The Morgan fingerprint density at radius 3 is 2.37 bits per heavy atom. The number of nitrogens with zero attached hydrogens (tertiary/aromatic N) is 4. The number of alkyl halides is 2. The number of halogens is 3. The van der Waals surface area contributed by atoms with Crippen molar-refractivity contribution >= 4 is 23.5 Å². The molecule has 3 rings (SSSR count). The van der Waals surface area contributed by atoms with Crippen molar-refractivity contribution in [2.75, 3.05) is 5.75 Å². The Hall–Kier alpha value is -2.44. The molecule has 0 spiro atoms. The molecule has 0 fully saturated rings. The van der Waals surface area contributed by atoms with E-state index in [0.717, 1.165) is 0 Å². The van der Waals surface area contributed by atoms with Crippen LogP contribution in [0.15, 0.2) is 58.6 Å². The number of nitriles is 1. The van der Waals surface area contributed by atoms with Gasteiger partial charge in [0.25, 0.3) is 5.76 Å². The first-order valence-corrected chi connectivity index (χ1v) is 9.71. The highest BCUT2D eigenvalue weighted by Crippen LogP contribution is 2.31. The molecule has 27 heavy (non-hydrogen) atoms. The minimum Gasteiger partial charge on any atom is -0.270 e. The molecule has 9 heteroatoms. The first-order chi connectivity index (χ1) is 13.1. The molecule has 4 nitrogen and oxygen atoms in total. The summed E-state index contributed by atoms with van der Waals surface area (Å²) in [6.07, 6.45) is 0.355. The maximum atomic E-state index is 13.2. The van der Waals surface area contributed by atoms with Crippen molar-refractivity contribution in [1.29, 1.82) is 5.26 Å². The Labute approximate surface area is 162 Å². The Bertz CT molecular complexity index is 935. The average Bonchev–Trinajstić information content (AvgIpc) is 3.07. The van der Waals surface area contributed by atoms with Gasteiger partial charge in [-0.2, -0.15) is 14.0 Å². The summed E-state index contributed by atoms with van der Waals surface area (Å²) < 4.78 is 40.1. The second-order valence-corrected chi connectivity index (χ2v) is 7.40. The zero-order valence-corrected chi connectivity index (χ0v) is 15.5. The van der Waals surface area contributed by atoms with Crippen LogP contribution in [-0.2, 0) is 0 Å². The van der Waals surface area contributed by atoms with Gasteiger partial charge in [0.2, 0.25) is 0 Å². The minimum atomic E-state index is -2.49. The zero-order valence-electron chi connectivity index (χ0n) is 13.8. The van der Waals surface area contributed by atoms with Gasteiger partial charge in [-0.25, -0.2) is 4.39 Å². The maximum absolute atomic E-state index is 13.2. The molecular formula is C18H13F3N4S2. The average molecular weight is 406 g/mol. The molecule has 0 amide bonds. The molecule has 0 aliphatic rings. The molecule has 0 unspecified atom stereocenters. The molecule has 138 valence electrons. The third kappa shape index (κ3) is 4.84. The summed E-state index contributed by atoms with van der Waals surface area (Å²) in [5.74, 6) is -1.81. The van der Waals surface area contributed by atoms with Crippen molar-refractivity contribution in [2.24, 2.45) is 0 Å². The van der Waals surface area contributed by atoms with E-state index in [1.807, 2.05) is 0 Å². The molecular weight excluding hydrogens is 393 g/mol. The monoisotopic (exact) mass is 406 g/mol. The quantitative estimate of drug-likeness (QED) is 0.389. The summed E-state index contributed by atoms with van der Waals surface area (Å²) in [5.41, 5.74) is 1.36. The third-order valence-electron chi connectivity index (χ3n) is 3.50. The molecule has 0 radical (unpaired) electrons. The smallest absolute Gasteiger partial charge is 0.270 e. The largest absolute Gasteiger partial charge is 0.288 e. The highest BCUT2D eigenvalue weighted by molar-refractivity contribution is 7.99. The molecule has 2 aromatic carbocycles. The number of hydrogen-bond donors (Lipinski definition) is 0. The molecule has 0 atom stereocenters. The van der Waals surface area contributed by atoms with Gasteiger partial charge in [0.1, 0.15) is 5.82 Å². The fourth-order valence-corrected chi connectivity index (χ4v) is 3.64. The van der Waals surface area contributed by atoms with Crippen molar-refractivity contribution in [3.05, 3.63) is 54.3 Å². The first-order valence-electron chi connectivity index (χ1n) is 7.85. The molecule has 0 bridgehead atoms. The summed E-state index contributed by atoms with van der Waals surface area (Å²) in [7, 11) is 0. The fraction of sp³-hybridized carbons (Fsp3) is 0.167. The minimum absolute atomic E-state index is 0.355. The molecule has 0 saturated heterocycles. The Morgan fingerprint density at radius 2 is 1.74 bits per heavy atom. The van der Waals surface area contributed by atoms with Crippen molar-refractivity contribution in [2.45, 2.75) is 22.2 Å². The highest BCUT2D eigenvalue weighted by Gasteiger charge is 2.16. The van der Waals surface area contributed by atoms with E-state index in [-0.39, 0.29) is 5.82 Å². The maximum Gasteiger partial charge on any atom is 0.288 e. The molecule has 0 saturated carbocycles. The van der Waals surface area contributed by atoms with Gasteiger partial charge >= 0.3 is 0 Å². The van der Waals surface area contributed by atoms with Crippen LogP contribution in [-0.4, -0.2) is 26.3 Å². The van der Waals surface area contributed by atoms with E-state index in [2.05, 4.69) is 16.3 Å². The molecule has 0 aliphatic heterocycles. The lowest BCUT2D eigenvalue weighted by Gasteiger charge is -2.11. The molecule has 1 aromatic heterocycles. The Kier molecular flexibility index (Phi) is 6.42. The van der Waals surface area contributed by atoms with Crippen LogP contribution in [0.2, 0.25) is 0 Å². The van der Waals surface area contributed by atoms with E-state index in [1.54, 1.807) is 41.0 Å². The number of rotatable bonds is 7. The lowest BCUT2D eigenvalue weighted by Crippen LogP contribution is -2.00. The van der Waals surface area contributed by atoms with Crippen LogP contribution >= 0.6 is 23.5 Å². The summed E-state index contributed by atoms with van der Waals surface area (Å²) in [4.78, 5) is 0.448. The molecule has 0 aliphatic carbocycles. The number of aromatic nitrogens is 3. The van der Waals surface area contributed by atoms with E-state index in [1.165, 1.54) is 23.9 Å². The number of hydrogen-bond acceptors (Lipinski definition) is 5. The van der Waals surface area contributed by atoms with E-state index >= 15 is 0 Å². The van der Waals surface area contributed by atoms with Crippen LogP contribution < -0.4 is 0 Å². The van der Waals surface area contributed by atoms with Gasteiger partial charge < -0.3 is 0 Å². The van der Waals surface area contributed by atoms with Crippen molar-refractivity contribution in [3.63, 3.8) is 0 Å². The van der Waals surface area contributed by atoms with E-state index < -0.39 is 5.76 Å². The van der Waals surface area contributed by atoms with Gasteiger partial charge in [-0.15, -0.1) is 10.2 Å². The Morgan fingerprint density at radius 1 is 1.04 bits per heavy atom. The molecule has 3 aromatic rings. The van der Waals surface area contributed by atoms with E-state index in [0.29, 0.717) is 51.1 Å². The van der Waals surface area contributed by atoms with E-state index in [9.17, 15) is 13.2 Å². The molecule has 0 N–H and O–H groups in total. The zero-order chi connectivity index (χ0) is 19.2. The fourth-order valence-electron chi connectivity index (χ4n) is 2.35. The third-order valence-corrected chi connectivity index (χ3v) is 5.15. The molecule has 1 heterocycles. The number of benzene rings is 2. The van der Waals surface area contributed by atoms with Crippen molar-refractivity contribution < 1.29 is 13.2 Å². The van der Waals surface area contributed by atoms with Crippen LogP contribution in [0.25, 0.3) is 17.1 Å². The van der Waals surface area contributed by atoms with Crippen LogP contribution in [0.5, 0.6) is 0 Å². The summed E-state index contributed by atoms with van der Waals surface area (Å²) >= 11 is 1.84. The second kappa shape index (κ2) is 8.97. The SMILES string of the molecule is N#CCCSc1nnc(-c2ccc(F)cc2)n1-c1ccc(SC(F)F)cc1. The van der Waals surface area contributed by atoms with Crippen molar-refractivity contribution in [1.82, 2.24) is 14.8 Å². The van der Waals surface area contributed by atoms with Crippen molar-refractivity contribution in [3.8, 4) is 23.1 Å². The van der Waals surface area contributed by atoms with Crippen LogP contribution in [0, 0.1) is 17.1 Å². The van der Waals surface area contributed by atoms with Gasteiger partial charge in [0, 0.05) is 28.3 Å². The number of thioether (sulfide) groups is 2. The summed E-state index contributed by atoms with van der Waals surface area (Å²) in [5, 5.41) is 17.7. The first kappa shape index (κ1) is 19.3. The van der Waals surface area contributed by atoms with Crippen LogP contribution in [0.1, 0.15) is 6.42 Å². The predicted molar refractivity (Wildman–Crippen MR) is 99.6 cm³/mol. The summed E-state index contributed by atoms with van der Waals surface area (Å²) in [6, 6.07) is 14.5. The normalized spacial score (nSPS) is 10.9. The van der Waals surface area contributed by atoms with Gasteiger partial charge in [-0.1, -0.05) is 23.5 Å². The summed E-state index contributed by atoms with van der Waals surface area (Å²) in [6.45, 7) is 0. The topological polar surface area (TPSA) is 54.5 Å². The van der Waals surface area contributed by atoms with Gasteiger partial charge in [-0.3, -0.25) is 4.57 Å². The predicted octanol–water partition coefficient (Wildman–Crippen LogP) is 5.39. The lowest BCUT2D eigenvalue weighted by atomic mass is 10.2. The van der Waals surface area contributed by atoms with E-state index in [4.69, 9.17) is 5.26 Å². The van der Waals surface area contributed by atoms with Crippen LogP contribution in [0.3, 0.4) is 0 Å². The Balaban J connectivity index is 2.00.